The molecule has 0 aliphatic carbocycles. The number of hydrogen-bond donors (Lipinski definition) is 6. The second-order valence-electron chi connectivity index (χ2n) is 18.1. The van der Waals surface area contributed by atoms with Gasteiger partial charge in [0.2, 0.25) is 5.95 Å². The van der Waals surface area contributed by atoms with Crippen molar-refractivity contribution < 1.29 is 70.5 Å². The lowest BCUT2D eigenvalue weighted by Crippen LogP contribution is -2.47. The number of aromatic nitrogens is 10. The minimum Gasteiger partial charge on any atom is -0.383 e. The highest BCUT2D eigenvalue weighted by Gasteiger charge is 2.67. The van der Waals surface area contributed by atoms with Crippen molar-refractivity contribution in [2.24, 2.45) is 0 Å². The molecular formula is C39H53N13O17P2S2. The summed E-state index contributed by atoms with van der Waals surface area (Å²) in [4.78, 5) is 77.3. The summed E-state index contributed by atoms with van der Waals surface area (Å²) in [6.07, 6.45) is -5.09. The van der Waals surface area contributed by atoms with Gasteiger partial charge in [-0.25, -0.2) is 24.7 Å². The maximum Gasteiger partial charge on any atom is 0.351 e. The topological polar surface area (TPSA) is 381 Å². The lowest BCUT2D eigenvalue weighted by molar-refractivity contribution is -0.197. The van der Waals surface area contributed by atoms with E-state index in [4.69, 9.17) is 102 Å². The van der Waals surface area contributed by atoms with E-state index in [1.807, 2.05) is 13.8 Å². The molecule has 14 unspecified atom stereocenters. The number of aromatic amines is 1. The second kappa shape index (κ2) is 20.1. The third-order valence-corrected chi connectivity index (χ3v) is 16.0. The number of nitrogens with zero attached hydrogens (tertiary/aromatic N) is 9. The summed E-state index contributed by atoms with van der Waals surface area (Å²) < 4.78 is 84.4. The summed E-state index contributed by atoms with van der Waals surface area (Å²) in [5, 5.41) is 0. The first-order valence-electron chi connectivity index (χ1n) is 22.6. The Hall–Kier alpha value is -4.12. The van der Waals surface area contributed by atoms with E-state index in [0.717, 1.165) is 0 Å². The van der Waals surface area contributed by atoms with Crippen LogP contribution in [0.2, 0.25) is 0 Å². The van der Waals surface area contributed by atoms with Gasteiger partial charge in [0, 0.05) is 26.0 Å². The zero-order valence-corrected chi connectivity index (χ0v) is 43.0. The number of fused-ring (bicyclic) bond motifs is 6. The number of nitrogen functional groups attached to an aromatic ring is 3. The van der Waals surface area contributed by atoms with Gasteiger partial charge in [-0.15, -0.1) is 0 Å². The molecule has 0 spiro atoms. The van der Waals surface area contributed by atoms with Crippen molar-refractivity contribution in [2.75, 3.05) is 77.7 Å². The van der Waals surface area contributed by atoms with Crippen LogP contribution in [0.1, 0.15) is 38.1 Å². The molecule has 0 amide bonds. The molecule has 4 bridgehead atoms. The number of ether oxygens (including phenoxy) is 9. The van der Waals surface area contributed by atoms with Crippen LogP contribution in [-0.4, -0.2) is 179 Å². The summed E-state index contributed by atoms with van der Waals surface area (Å²) in [5.74, 6) is -0.00271. The van der Waals surface area contributed by atoms with Gasteiger partial charge >= 0.3 is 19.1 Å². The molecule has 5 aliphatic rings. The second-order valence-corrected chi connectivity index (χ2v) is 23.6. The summed E-state index contributed by atoms with van der Waals surface area (Å²) >= 11 is 11.3. The Bertz CT molecular complexity index is 3100. The molecule has 14 atom stereocenters. The molecule has 0 radical (unpaired) electrons. The Morgan fingerprint density at radius 3 is 2.14 bits per heavy atom. The van der Waals surface area contributed by atoms with E-state index in [0.29, 0.717) is 5.56 Å². The molecular weight excluding hydrogens is 1050 g/mol. The van der Waals surface area contributed by atoms with Gasteiger partial charge in [0.25, 0.3) is 5.56 Å². The van der Waals surface area contributed by atoms with E-state index in [1.165, 1.54) is 53.1 Å². The molecule has 9 N–H and O–H groups in total. The van der Waals surface area contributed by atoms with E-state index in [2.05, 4.69) is 34.9 Å². The van der Waals surface area contributed by atoms with Crippen LogP contribution in [0.3, 0.4) is 0 Å². The van der Waals surface area contributed by atoms with Gasteiger partial charge in [-0.3, -0.25) is 32.5 Å². The first-order chi connectivity index (χ1) is 34.8. The van der Waals surface area contributed by atoms with E-state index in [9.17, 15) is 19.4 Å². The van der Waals surface area contributed by atoms with Crippen molar-refractivity contribution in [1.82, 2.24) is 48.6 Å². The fourth-order valence-electron chi connectivity index (χ4n) is 9.51. The molecule has 398 valence electrons. The smallest absolute Gasteiger partial charge is 0.351 e. The van der Waals surface area contributed by atoms with Crippen LogP contribution in [0.15, 0.2) is 34.8 Å². The Morgan fingerprint density at radius 1 is 0.822 bits per heavy atom. The van der Waals surface area contributed by atoms with Gasteiger partial charge in [0.1, 0.15) is 71.6 Å². The lowest BCUT2D eigenvalue weighted by atomic mass is 10.0. The molecule has 5 saturated heterocycles. The molecule has 0 aromatic carbocycles. The number of nitrogens with two attached hydrogens (primary N) is 3. The quantitative estimate of drug-likeness (QED) is 0.0387. The predicted octanol–water partition coefficient (Wildman–Crippen LogP) is -0.790. The minimum absolute atomic E-state index is 0.00122. The normalized spacial score (nSPS) is 32.4. The lowest BCUT2D eigenvalue weighted by Gasteiger charge is -2.34. The highest BCUT2D eigenvalue weighted by atomic mass is 32.5. The van der Waals surface area contributed by atoms with Crippen LogP contribution >= 0.6 is 13.4 Å². The van der Waals surface area contributed by atoms with Gasteiger partial charge in [-0.05, 0) is 44.4 Å². The number of imidazole rings is 2. The van der Waals surface area contributed by atoms with E-state index >= 15 is 0 Å². The zero-order chi connectivity index (χ0) is 51.8. The zero-order valence-electron chi connectivity index (χ0n) is 39.6. The molecule has 30 nitrogen and oxygen atoms in total. The molecule has 73 heavy (non-hydrogen) atoms. The van der Waals surface area contributed by atoms with Crippen LogP contribution in [0.5, 0.6) is 0 Å². The first kappa shape index (κ1) is 52.3. The molecule has 5 fully saturated rings. The fraction of sp³-hybridized carbons (Fsp3) is 0.641. The maximum absolute atomic E-state index is 13.1. The number of H-pyrrole nitrogens is 1. The van der Waals surface area contributed by atoms with Crippen molar-refractivity contribution in [3.8, 4) is 0 Å². The van der Waals surface area contributed by atoms with Gasteiger partial charge < -0.3 is 78.7 Å². The summed E-state index contributed by atoms with van der Waals surface area (Å²) in [6, 6.07) is 0. The third kappa shape index (κ3) is 9.74. The van der Waals surface area contributed by atoms with E-state index in [1.54, 1.807) is 6.92 Å². The molecule has 34 heteroatoms. The van der Waals surface area contributed by atoms with Crippen LogP contribution in [0.25, 0.3) is 22.3 Å². The highest BCUT2D eigenvalue weighted by Crippen LogP contribution is 2.59. The van der Waals surface area contributed by atoms with Crippen LogP contribution in [-0.2, 0) is 84.3 Å². The van der Waals surface area contributed by atoms with E-state index < -0.39 is 111 Å². The number of hydrogen-bond acceptors (Lipinski definition) is 26. The van der Waals surface area contributed by atoms with Crippen LogP contribution < -0.4 is 28.5 Å². The Kier molecular flexibility index (Phi) is 14.4. The maximum atomic E-state index is 13.1. The number of anilines is 3. The van der Waals surface area contributed by atoms with Crippen LogP contribution in [0.4, 0.5) is 17.6 Å². The summed E-state index contributed by atoms with van der Waals surface area (Å²) in [7, 11) is 2.95. The fourth-order valence-corrected chi connectivity index (χ4v) is 12.4. The van der Waals surface area contributed by atoms with Crippen molar-refractivity contribution in [1.29, 1.82) is 0 Å². The molecule has 5 aromatic rings. The highest BCUT2D eigenvalue weighted by molar-refractivity contribution is 8.07. The molecule has 5 aliphatic heterocycles. The predicted molar refractivity (Wildman–Crippen MR) is 257 cm³/mol. The van der Waals surface area contributed by atoms with Crippen molar-refractivity contribution in [2.45, 2.75) is 99.5 Å². The van der Waals surface area contributed by atoms with Gasteiger partial charge in [0.15, 0.2) is 41.3 Å². The van der Waals surface area contributed by atoms with Crippen molar-refractivity contribution in [3.63, 3.8) is 0 Å². The average molecular weight is 1100 g/mol. The molecule has 10 heterocycles. The Balaban J connectivity index is 0.904. The van der Waals surface area contributed by atoms with Crippen molar-refractivity contribution in [3.05, 3.63) is 51.6 Å². The SMILES string of the molecule is COCCOC1C(OC)C(COP(O)(=S)OC2C3OCC2(COP(O)(=S)OC2C4OCC2(COC(C)C)OC4n2cc(C)c(N)nc2=O)OC3n2cnc3c(N)ncnc32)OC1n1cnc2c(=O)[nH]c(N)nc21. The number of aryl methyl sites for hydroxylation is 1. The standard InChI is InChI=1S/C39H53N13O17P2S2/c1-17(2)60-10-38-11-61-24(34(66-38)50-8-18(3)28(40)47-37(50)54)26(38)69-71(56,73)64-13-39-12-62-25(35(67-39)51-15-45-20-29(41)43-14-44-30(20)51)27(39)68-70(55,72)63-9-19-22(58-5)23(59-7-6-57-4)33(65-19)52-16-46-21-31(52)48-36(42)49-32(21)53/h8,14-17,19,22-27,33-35H,6-7,9-13H2,1-5H3,(H,55,72)(H,56,73)(H2,40,47,54)(H2,41,43,44)(H3,42,48,49,53). The largest absolute Gasteiger partial charge is 0.383 e. The van der Waals surface area contributed by atoms with E-state index in [-0.39, 0.29) is 79.1 Å². The Morgan fingerprint density at radius 2 is 1.47 bits per heavy atom. The molecule has 5 aromatic heterocycles. The van der Waals surface area contributed by atoms with Crippen molar-refractivity contribution >= 4 is 77.0 Å². The first-order valence-corrected chi connectivity index (χ1v) is 27.8. The summed E-state index contributed by atoms with van der Waals surface area (Å²) in [6.45, 7) is -4.37. The molecule has 10 rings (SSSR count). The number of rotatable bonds is 21. The number of methoxy groups -OCH3 is 2. The molecule has 0 saturated carbocycles. The minimum atomic E-state index is -4.36. The van der Waals surface area contributed by atoms with Gasteiger partial charge in [-0.1, -0.05) is 0 Å². The number of nitrogens with one attached hydrogen (secondary N) is 1. The monoisotopic (exact) mass is 1100 g/mol. The summed E-state index contributed by atoms with van der Waals surface area (Å²) in [5.41, 5.74) is 14.8. The Labute approximate surface area is 423 Å². The van der Waals surface area contributed by atoms with Gasteiger partial charge in [-0.2, -0.15) is 9.97 Å². The van der Waals surface area contributed by atoms with Gasteiger partial charge in [0.05, 0.1) is 65.0 Å². The average Bonchev–Trinajstić information content (AvgIpc) is 4.23. The third-order valence-electron chi connectivity index (χ3n) is 13.0. The van der Waals surface area contributed by atoms with Crippen LogP contribution in [0, 0.1) is 6.92 Å².